The van der Waals surface area contributed by atoms with Crippen molar-refractivity contribution in [3.05, 3.63) is 120 Å². The van der Waals surface area contributed by atoms with Crippen molar-refractivity contribution < 1.29 is 19.1 Å². The average molecular weight is 609 g/mol. The van der Waals surface area contributed by atoms with Crippen LogP contribution in [-0.2, 0) is 9.59 Å². The summed E-state index contributed by atoms with van der Waals surface area (Å²) in [6, 6.07) is 30.8. The number of anilines is 3. The first kappa shape index (κ1) is 31.9. The van der Waals surface area contributed by atoms with E-state index in [4.69, 9.17) is 4.74 Å². The van der Waals surface area contributed by atoms with Crippen molar-refractivity contribution >= 4 is 52.6 Å². The van der Waals surface area contributed by atoms with E-state index in [1.54, 1.807) is 67.8 Å². The minimum absolute atomic E-state index is 0.0971. The molecule has 8 nitrogen and oxygen atoms in total. The molecule has 3 N–H and O–H groups in total. The smallest absolute Gasteiger partial charge is 0.272 e. The van der Waals surface area contributed by atoms with E-state index in [1.165, 1.54) is 11.8 Å². The van der Waals surface area contributed by atoms with Gasteiger partial charge in [0, 0.05) is 41.6 Å². The highest BCUT2D eigenvalue weighted by Crippen LogP contribution is 2.29. The fourth-order valence-electron chi connectivity index (χ4n) is 4.21. The summed E-state index contributed by atoms with van der Waals surface area (Å²) in [4.78, 5) is 42.3. The molecule has 1 atom stereocenters. The zero-order valence-electron chi connectivity index (χ0n) is 25.2. The van der Waals surface area contributed by atoms with Crippen LogP contribution in [0.5, 0.6) is 5.75 Å². The van der Waals surface area contributed by atoms with Gasteiger partial charge in [0.15, 0.2) is 0 Å². The van der Waals surface area contributed by atoms with Gasteiger partial charge in [-0.3, -0.25) is 14.4 Å². The van der Waals surface area contributed by atoms with Gasteiger partial charge < -0.3 is 25.6 Å². The molecular weight excluding hydrogens is 572 g/mol. The zero-order chi connectivity index (χ0) is 31.5. The van der Waals surface area contributed by atoms with Crippen molar-refractivity contribution in [2.45, 2.75) is 23.5 Å². The number of methoxy groups -OCH3 is 1. The third-order valence-electron chi connectivity index (χ3n) is 6.64. The van der Waals surface area contributed by atoms with E-state index >= 15 is 0 Å². The highest BCUT2D eigenvalue weighted by atomic mass is 32.2. The number of ether oxygens (including phenoxy) is 1. The van der Waals surface area contributed by atoms with E-state index < -0.39 is 11.8 Å². The van der Waals surface area contributed by atoms with Gasteiger partial charge in [0.2, 0.25) is 5.91 Å². The Labute approximate surface area is 262 Å². The number of amides is 3. The summed E-state index contributed by atoms with van der Waals surface area (Å²) in [7, 11) is 5.49. The van der Waals surface area contributed by atoms with Crippen LogP contribution in [0.1, 0.15) is 29.3 Å². The van der Waals surface area contributed by atoms with Crippen molar-refractivity contribution in [1.82, 2.24) is 5.32 Å². The van der Waals surface area contributed by atoms with Crippen LogP contribution in [0.15, 0.2) is 114 Å². The number of nitrogens with zero attached hydrogens (tertiary/aromatic N) is 1. The average Bonchev–Trinajstić information content (AvgIpc) is 3.04. The van der Waals surface area contributed by atoms with Gasteiger partial charge >= 0.3 is 0 Å². The summed E-state index contributed by atoms with van der Waals surface area (Å²) >= 11 is 1.41. The monoisotopic (exact) mass is 608 g/mol. The van der Waals surface area contributed by atoms with Gasteiger partial charge in [-0.15, -0.1) is 11.8 Å². The zero-order valence-corrected chi connectivity index (χ0v) is 26.0. The minimum Gasteiger partial charge on any atom is -0.497 e. The molecule has 0 heterocycles. The van der Waals surface area contributed by atoms with E-state index in [0.717, 1.165) is 16.1 Å². The first-order chi connectivity index (χ1) is 21.2. The Kier molecular flexibility index (Phi) is 11.2. The van der Waals surface area contributed by atoms with Crippen LogP contribution < -0.4 is 25.6 Å². The standard InChI is InChI=1S/C35H36N4O4S/c1-5-32(35(42)36-26-16-20-29(43-4)21-17-26)44-30-13-9-12-27(23-30)37-34(41)31(38-33(40)25-10-7-6-8-11-25)22-24-14-18-28(19-15-24)39(2)3/h6-23,32H,5H2,1-4H3,(H,36,42)(H,37,41)(H,38,40)/b31-22+. The summed E-state index contributed by atoms with van der Waals surface area (Å²) in [6.45, 7) is 1.95. The number of thioether (sulfide) groups is 1. The molecule has 0 aromatic heterocycles. The predicted molar refractivity (Wildman–Crippen MR) is 179 cm³/mol. The number of rotatable bonds is 12. The maximum atomic E-state index is 13.5. The molecule has 0 radical (unpaired) electrons. The molecule has 0 bridgehead atoms. The number of carbonyl (C=O) groups is 3. The van der Waals surface area contributed by atoms with E-state index in [1.807, 2.05) is 74.4 Å². The molecule has 0 fully saturated rings. The van der Waals surface area contributed by atoms with Crippen LogP contribution in [0.4, 0.5) is 17.1 Å². The third kappa shape index (κ3) is 8.99. The third-order valence-corrected chi connectivity index (χ3v) is 8.00. The molecule has 0 aliphatic carbocycles. The van der Waals surface area contributed by atoms with E-state index in [9.17, 15) is 14.4 Å². The van der Waals surface area contributed by atoms with Crippen LogP contribution in [0, 0.1) is 0 Å². The molecule has 4 rings (SSSR count). The van der Waals surface area contributed by atoms with Crippen molar-refractivity contribution in [2.75, 3.05) is 36.7 Å². The highest BCUT2D eigenvalue weighted by Gasteiger charge is 2.19. The lowest BCUT2D eigenvalue weighted by Crippen LogP contribution is -2.30. The summed E-state index contributed by atoms with van der Waals surface area (Å²) in [5, 5.41) is 8.28. The lowest BCUT2D eigenvalue weighted by atomic mass is 10.1. The lowest BCUT2D eigenvalue weighted by molar-refractivity contribution is -0.116. The first-order valence-corrected chi connectivity index (χ1v) is 15.0. The highest BCUT2D eigenvalue weighted by molar-refractivity contribution is 8.00. The van der Waals surface area contributed by atoms with Crippen molar-refractivity contribution in [1.29, 1.82) is 0 Å². The van der Waals surface area contributed by atoms with Crippen molar-refractivity contribution in [3.8, 4) is 5.75 Å². The van der Waals surface area contributed by atoms with Crippen molar-refractivity contribution in [2.24, 2.45) is 0 Å². The molecule has 4 aromatic carbocycles. The molecule has 0 aliphatic heterocycles. The Morgan fingerprint density at radius 2 is 1.55 bits per heavy atom. The summed E-state index contributed by atoms with van der Waals surface area (Å²) < 4.78 is 5.18. The van der Waals surface area contributed by atoms with E-state index in [-0.39, 0.29) is 16.9 Å². The predicted octanol–water partition coefficient (Wildman–Crippen LogP) is 6.68. The molecule has 0 saturated heterocycles. The fourth-order valence-corrected chi connectivity index (χ4v) is 5.22. The van der Waals surface area contributed by atoms with Gasteiger partial charge in [-0.2, -0.15) is 0 Å². The summed E-state index contributed by atoms with van der Waals surface area (Å²) in [6.07, 6.45) is 2.25. The molecule has 0 spiro atoms. The molecule has 0 saturated carbocycles. The lowest BCUT2D eigenvalue weighted by Gasteiger charge is -2.16. The van der Waals surface area contributed by atoms with Gasteiger partial charge in [0.05, 0.1) is 12.4 Å². The second-order valence-corrected chi connectivity index (χ2v) is 11.4. The van der Waals surface area contributed by atoms with E-state index in [2.05, 4.69) is 16.0 Å². The molecule has 4 aromatic rings. The maximum Gasteiger partial charge on any atom is 0.272 e. The van der Waals surface area contributed by atoms with E-state index in [0.29, 0.717) is 29.1 Å². The van der Waals surface area contributed by atoms with Gasteiger partial charge in [-0.25, -0.2) is 0 Å². The number of hydrogen-bond donors (Lipinski definition) is 3. The minimum atomic E-state index is -0.475. The van der Waals surface area contributed by atoms with Gasteiger partial charge in [-0.1, -0.05) is 43.3 Å². The molecule has 3 amide bonds. The normalized spacial score (nSPS) is 11.7. The number of nitrogens with one attached hydrogen (secondary N) is 3. The topological polar surface area (TPSA) is 99.8 Å². The number of hydrogen-bond acceptors (Lipinski definition) is 6. The van der Waals surface area contributed by atoms with Crippen LogP contribution in [-0.4, -0.2) is 44.2 Å². The Bertz CT molecular complexity index is 1600. The summed E-state index contributed by atoms with van der Waals surface area (Å²) in [5.74, 6) is -0.276. The first-order valence-electron chi connectivity index (χ1n) is 14.1. The number of benzene rings is 4. The fraction of sp³-hybridized carbons (Fsp3) is 0.171. The van der Waals surface area contributed by atoms with Gasteiger partial charge in [-0.05, 0) is 84.8 Å². The SMILES string of the molecule is CCC(Sc1cccc(NC(=O)/C(=C\c2ccc(N(C)C)cc2)NC(=O)c2ccccc2)c1)C(=O)Nc1ccc(OC)cc1. The molecule has 9 heteroatoms. The largest absolute Gasteiger partial charge is 0.497 e. The Morgan fingerprint density at radius 3 is 2.18 bits per heavy atom. The molecule has 226 valence electrons. The Morgan fingerprint density at radius 1 is 0.841 bits per heavy atom. The van der Waals surface area contributed by atoms with Crippen molar-refractivity contribution in [3.63, 3.8) is 0 Å². The molecule has 44 heavy (non-hydrogen) atoms. The Balaban J connectivity index is 1.50. The quantitative estimate of drug-likeness (QED) is 0.123. The van der Waals surface area contributed by atoms with Crippen LogP contribution in [0.2, 0.25) is 0 Å². The van der Waals surface area contributed by atoms with Crippen LogP contribution in [0.3, 0.4) is 0 Å². The van der Waals surface area contributed by atoms with Crippen LogP contribution >= 0.6 is 11.8 Å². The van der Waals surface area contributed by atoms with Gasteiger partial charge in [0.1, 0.15) is 11.4 Å². The maximum absolute atomic E-state index is 13.5. The van der Waals surface area contributed by atoms with Gasteiger partial charge in [0.25, 0.3) is 11.8 Å². The molecule has 0 aliphatic rings. The van der Waals surface area contributed by atoms with Crippen LogP contribution in [0.25, 0.3) is 6.08 Å². The molecule has 1 unspecified atom stereocenters. The Hall–Kier alpha value is -5.02. The summed E-state index contributed by atoms with van der Waals surface area (Å²) in [5.41, 5.74) is 3.52. The molecular formula is C35H36N4O4S. The second-order valence-electron chi connectivity index (χ2n) is 10.1. The number of carbonyl (C=O) groups excluding carboxylic acids is 3. The second kappa shape index (κ2) is 15.5.